The highest BCUT2D eigenvalue weighted by Crippen LogP contribution is 2.34. The van der Waals surface area contributed by atoms with Crippen molar-refractivity contribution in [3.63, 3.8) is 0 Å². The van der Waals surface area contributed by atoms with Crippen LogP contribution in [0.5, 0.6) is 11.5 Å². The topological polar surface area (TPSA) is 84.6 Å². The lowest BCUT2D eigenvalue weighted by atomic mass is 10.1. The van der Waals surface area contributed by atoms with Crippen LogP contribution in [0.2, 0.25) is 0 Å². The van der Waals surface area contributed by atoms with E-state index in [-0.39, 0.29) is 18.3 Å². The number of aromatic nitrogens is 1. The molecule has 0 radical (unpaired) electrons. The molecule has 0 unspecified atom stereocenters. The first kappa shape index (κ1) is 19.5. The van der Waals surface area contributed by atoms with Crippen LogP contribution in [0.1, 0.15) is 16.7 Å². The molecule has 2 N–H and O–H groups in total. The van der Waals surface area contributed by atoms with Crippen molar-refractivity contribution < 1.29 is 19.1 Å². The van der Waals surface area contributed by atoms with Gasteiger partial charge in [0.1, 0.15) is 17.0 Å². The number of anilines is 1. The van der Waals surface area contributed by atoms with E-state index in [2.05, 4.69) is 10.3 Å². The van der Waals surface area contributed by atoms with E-state index in [9.17, 15) is 9.90 Å². The number of carbonyl (C=O) groups is 1. The highest BCUT2D eigenvalue weighted by molar-refractivity contribution is 5.93. The van der Waals surface area contributed by atoms with E-state index in [0.717, 1.165) is 22.2 Å². The van der Waals surface area contributed by atoms with Gasteiger partial charge in [-0.25, -0.2) is 4.98 Å². The predicted molar refractivity (Wildman–Crippen MR) is 116 cm³/mol. The summed E-state index contributed by atoms with van der Waals surface area (Å²) in [6, 6.07) is 16.2. The van der Waals surface area contributed by atoms with Crippen LogP contribution in [0.4, 0.5) is 5.69 Å². The molecular weight excluding hydrogens is 380 g/mol. The van der Waals surface area contributed by atoms with Crippen molar-refractivity contribution >= 4 is 22.7 Å². The molecule has 0 fully saturated rings. The number of benzene rings is 3. The number of aromatic hydroxyl groups is 1. The number of hydrogen-bond acceptors (Lipinski definition) is 5. The molecule has 6 nitrogen and oxygen atoms in total. The number of amides is 1. The number of fused-ring (bicyclic) bond motifs is 1. The van der Waals surface area contributed by atoms with Gasteiger partial charge in [-0.2, -0.15) is 0 Å². The zero-order valence-corrected chi connectivity index (χ0v) is 17.0. The quantitative estimate of drug-likeness (QED) is 0.451. The number of rotatable bonds is 5. The van der Waals surface area contributed by atoms with Gasteiger partial charge in [0.25, 0.3) is 5.91 Å². The van der Waals surface area contributed by atoms with E-state index in [0.29, 0.717) is 28.5 Å². The van der Waals surface area contributed by atoms with Crippen molar-refractivity contribution in [2.45, 2.75) is 20.8 Å². The summed E-state index contributed by atoms with van der Waals surface area (Å²) in [5.41, 5.74) is 5.49. The first-order valence-electron chi connectivity index (χ1n) is 9.59. The van der Waals surface area contributed by atoms with Crippen LogP contribution in [0.3, 0.4) is 0 Å². The number of nitrogens with one attached hydrogen (secondary N) is 1. The summed E-state index contributed by atoms with van der Waals surface area (Å²) in [4.78, 5) is 16.8. The fraction of sp³-hybridized carbons (Fsp3) is 0.167. The Balaban J connectivity index is 1.52. The number of carbonyl (C=O) groups excluding carboxylic acids is 1. The van der Waals surface area contributed by atoms with Crippen LogP contribution in [-0.2, 0) is 4.79 Å². The van der Waals surface area contributed by atoms with Gasteiger partial charge in [0.05, 0.1) is 5.56 Å². The van der Waals surface area contributed by atoms with E-state index in [1.54, 1.807) is 12.1 Å². The van der Waals surface area contributed by atoms with E-state index < -0.39 is 0 Å². The van der Waals surface area contributed by atoms with Gasteiger partial charge in [0.2, 0.25) is 5.89 Å². The Morgan fingerprint density at radius 3 is 2.57 bits per heavy atom. The lowest BCUT2D eigenvalue weighted by molar-refractivity contribution is -0.118. The summed E-state index contributed by atoms with van der Waals surface area (Å²) in [5, 5.41) is 13.1. The normalized spacial score (nSPS) is 10.9. The van der Waals surface area contributed by atoms with Crippen molar-refractivity contribution in [1.82, 2.24) is 4.98 Å². The molecule has 0 saturated heterocycles. The Morgan fingerprint density at radius 1 is 1.03 bits per heavy atom. The molecule has 6 heteroatoms. The first-order chi connectivity index (χ1) is 14.4. The van der Waals surface area contributed by atoms with Crippen molar-refractivity contribution in [3.05, 3.63) is 71.3 Å². The number of aryl methyl sites for hydroxylation is 3. The molecular formula is C24H22N2O4. The summed E-state index contributed by atoms with van der Waals surface area (Å²) in [6.45, 7) is 5.81. The van der Waals surface area contributed by atoms with Crippen molar-refractivity contribution in [2.75, 3.05) is 11.9 Å². The minimum absolute atomic E-state index is 0.0184. The third kappa shape index (κ3) is 4.12. The molecule has 30 heavy (non-hydrogen) atoms. The summed E-state index contributed by atoms with van der Waals surface area (Å²) >= 11 is 0. The average molecular weight is 402 g/mol. The highest BCUT2D eigenvalue weighted by atomic mass is 16.5. The Hall–Kier alpha value is -3.80. The maximum absolute atomic E-state index is 12.3. The van der Waals surface area contributed by atoms with Crippen LogP contribution in [0, 0.1) is 20.8 Å². The maximum Gasteiger partial charge on any atom is 0.262 e. The summed E-state index contributed by atoms with van der Waals surface area (Å²) in [5.74, 6) is 0.628. The second-order valence-electron chi connectivity index (χ2n) is 7.33. The van der Waals surface area contributed by atoms with Gasteiger partial charge in [-0.1, -0.05) is 23.8 Å². The molecule has 1 heterocycles. The van der Waals surface area contributed by atoms with Gasteiger partial charge in [0.15, 0.2) is 12.2 Å². The largest absolute Gasteiger partial charge is 0.507 e. The standard InChI is InChI=1S/C24H22N2O4/c1-14-4-7-18(8-5-14)29-13-22(28)25-17-6-9-21(27)19(12-17)24-26-20-11-15(2)10-16(3)23(20)30-24/h4-12,27H,13H2,1-3H3,(H,25,28). The number of ether oxygens (including phenoxy) is 1. The second kappa shape index (κ2) is 7.91. The molecule has 0 atom stereocenters. The van der Waals surface area contributed by atoms with Gasteiger partial charge in [-0.3, -0.25) is 4.79 Å². The minimum Gasteiger partial charge on any atom is -0.507 e. The number of nitrogens with zero attached hydrogens (tertiary/aromatic N) is 1. The molecule has 1 amide bonds. The Bertz CT molecular complexity index is 1230. The zero-order valence-electron chi connectivity index (χ0n) is 17.0. The molecule has 4 rings (SSSR count). The summed E-state index contributed by atoms with van der Waals surface area (Å²) in [7, 11) is 0. The molecule has 3 aromatic carbocycles. The molecule has 4 aromatic rings. The molecule has 152 valence electrons. The Morgan fingerprint density at radius 2 is 1.80 bits per heavy atom. The predicted octanol–water partition coefficient (Wildman–Crippen LogP) is 5.14. The van der Waals surface area contributed by atoms with Gasteiger partial charge >= 0.3 is 0 Å². The molecule has 0 spiro atoms. The first-order valence-corrected chi connectivity index (χ1v) is 9.59. The number of oxazole rings is 1. The second-order valence-corrected chi connectivity index (χ2v) is 7.33. The average Bonchev–Trinajstić information content (AvgIpc) is 3.13. The lowest BCUT2D eigenvalue weighted by Gasteiger charge is -2.09. The monoisotopic (exact) mass is 402 g/mol. The third-order valence-electron chi connectivity index (χ3n) is 4.72. The fourth-order valence-corrected chi connectivity index (χ4v) is 3.26. The molecule has 0 bridgehead atoms. The van der Waals surface area contributed by atoms with E-state index in [1.165, 1.54) is 6.07 Å². The number of hydrogen-bond donors (Lipinski definition) is 2. The highest BCUT2D eigenvalue weighted by Gasteiger charge is 2.15. The SMILES string of the molecule is Cc1ccc(OCC(=O)Nc2ccc(O)c(-c3nc4cc(C)cc(C)c4o3)c2)cc1. The van der Waals surface area contributed by atoms with Gasteiger partial charge in [-0.05, 0) is 68.3 Å². The zero-order chi connectivity index (χ0) is 21.3. The summed E-state index contributed by atoms with van der Waals surface area (Å²) in [6.07, 6.45) is 0. The van der Waals surface area contributed by atoms with Gasteiger partial charge in [-0.15, -0.1) is 0 Å². The molecule has 0 saturated carbocycles. The number of phenolic OH excluding ortho intramolecular Hbond substituents is 1. The maximum atomic E-state index is 12.3. The van der Waals surface area contributed by atoms with Crippen molar-refractivity contribution in [1.29, 1.82) is 0 Å². The Labute approximate surface area is 174 Å². The van der Waals surface area contributed by atoms with Crippen LogP contribution in [-0.4, -0.2) is 22.6 Å². The van der Waals surface area contributed by atoms with Crippen LogP contribution in [0.25, 0.3) is 22.6 Å². The van der Waals surface area contributed by atoms with Crippen LogP contribution < -0.4 is 10.1 Å². The summed E-state index contributed by atoms with van der Waals surface area (Å²) < 4.78 is 11.4. The molecule has 1 aromatic heterocycles. The fourth-order valence-electron chi connectivity index (χ4n) is 3.26. The van der Waals surface area contributed by atoms with E-state index in [1.807, 2.05) is 57.2 Å². The van der Waals surface area contributed by atoms with E-state index >= 15 is 0 Å². The minimum atomic E-state index is -0.309. The molecule has 0 aliphatic carbocycles. The molecule has 0 aliphatic rings. The van der Waals surface area contributed by atoms with Gasteiger partial charge < -0.3 is 19.6 Å². The van der Waals surface area contributed by atoms with Gasteiger partial charge in [0, 0.05) is 5.69 Å². The number of phenols is 1. The third-order valence-corrected chi connectivity index (χ3v) is 4.72. The Kier molecular flexibility index (Phi) is 5.14. The van der Waals surface area contributed by atoms with Crippen molar-refractivity contribution in [2.24, 2.45) is 0 Å². The lowest BCUT2D eigenvalue weighted by Crippen LogP contribution is -2.20. The van der Waals surface area contributed by atoms with E-state index in [4.69, 9.17) is 9.15 Å². The van der Waals surface area contributed by atoms with Crippen molar-refractivity contribution in [3.8, 4) is 23.0 Å². The van der Waals surface area contributed by atoms with Crippen LogP contribution >= 0.6 is 0 Å². The molecule has 0 aliphatic heterocycles. The smallest absolute Gasteiger partial charge is 0.262 e. The van der Waals surface area contributed by atoms with Crippen LogP contribution in [0.15, 0.2) is 59.0 Å².